The van der Waals surface area contributed by atoms with Gasteiger partial charge in [0.2, 0.25) is 5.51 Å². The zero-order chi connectivity index (χ0) is 30.9. The molecule has 43 heavy (non-hydrogen) atoms. The summed E-state index contributed by atoms with van der Waals surface area (Å²) in [5.41, 5.74) is 5.13. The van der Waals surface area contributed by atoms with Gasteiger partial charge >= 0.3 is 0 Å². The molecule has 0 bridgehead atoms. The molecule has 3 rings (SSSR count). The number of benzene rings is 2. The minimum Gasteiger partial charge on any atom is -0.490 e. The Balaban J connectivity index is 1.45. The molecule has 1 amide bonds. The SMILES string of the molecule is CCCCCCCCCCCCCCOc1cc(C(C)(C)C)ccc1OCC(=O)Nc1ccccc1C[n+]1csc(C)c1. The predicted molar refractivity (Wildman–Crippen MR) is 181 cm³/mol. The first-order valence-electron chi connectivity index (χ1n) is 16.5. The van der Waals surface area contributed by atoms with Crippen LogP contribution in [0.15, 0.2) is 54.2 Å². The molecule has 0 saturated heterocycles. The second-order valence-electron chi connectivity index (χ2n) is 12.8. The lowest BCUT2D eigenvalue weighted by atomic mass is 9.87. The van der Waals surface area contributed by atoms with Gasteiger partial charge in [-0.15, -0.1) is 0 Å². The molecule has 0 aliphatic carbocycles. The lowest BCUT2D eigenvalue weighted by Crippen LogP contribution is -2.31. The van der Waals surface area contributed by atoms with Gasteiger partial charge in [-0.05, 0) is 42.5 Å². The van der Waals surface area contributed by atoms with E-state index in [1.54, 1.807) is 11.3 Å². The van der Waals surface area contributed by atoms with Gasteiger partial charge in [0, 0.05) is 5.56 Å². The van der Waals surface area contributed by atoms with Crippen molar-refractivity contribution in [3.05, 3.63) is 70.2 Å². The van der Waals surface area contributed by atoms with E-state index < -0.39 is 0 Å². The summed E-state index contributed by atoms with van der Waals surface area (Å²) in [4.78, 5) is 14.2. The maximum Gasteiger partial charge on any atom is 0.262 e. The number of hydrogen-bond donors (Lipinski definition) is 1. The number of para-hydroxylation sites is 1. The Hall–Kier alpha value is -2.86. The van der Waals surface area contributed by atoms with E-state index in [2.05, 4.69) is 68.3 Å². The zero-order valence-corrected chi connectivity index (χ0v) is 28.2. The predicted octanol–water partition coefficient (Wildman–Crippen LogP) is 9.79. The lowest BCUT2D eigenvalue weighted by molar-refractivity contribution is -0.683. The number of amides is 1. The number of aryl methyl sites for hydroxylation is 1. The van der Waals surface area contributed by atoms with Crippen molar-refractivity contribution in [3.63, 3.8) is 0 Å². The highest BCUT2D eigenvalue weighted by molar-refractivity contribution is 7.09. The van der Waals surface area contributed by atoms with Gasteiger partial charge in [-0.2, -0.15) is 4.57 Å². The average molecular weight is 608 g/mol. The van der Waals surface area contributed by atoms with E-state index in [1.165, 1.54) is 81.1 Å². The summed E-state index contributed by atoms with van der Waals surface area (Å²) < 4.78 is 14.4. The van der Waals surface area contributed by atoms with Crippen molar-refractivity contribution in [2.24, 2.45) is 0 Å². The number of nitrogens with zero attached hydrogens (tertiary/aromatic N) is 1. The fourth-order valence-electron chi connectivity index (χ4n) is 5.17. The van der Waals surface area contributed by atoms with Crippen LogP contribution in [-0.4, -0.2) is 19.1 Å². The van der Waals surface area contributed by atoms with Crippen molar-refractivity contribution in [1.82, 2.24) is 0 Å². The molecule has 0 aliphatic heterocycles. The molecule has 1 N–H and O–H groups in total. The van der Waals surface area contributed by atoms with Crippen molar-refractivity contribution >= 4 is 22.9 Å². The molecule has 0 radical (unpaired) electrons. The molecule has 0 unspecified atom stereocenters. The van der Waals surface area contributed by atoms with Crippen LogP contribution in [0.1, 0.15) is 121 Å². The van der Waals surface area contributed by atoms with E-state index >= 15 is 0 Å². The van der Waals surface area contributed by atoms with Gasteiger partial charge in [0.25, 0.3) is 5.91 Å². The van der Waals surface area contributed by atoms with Crippen molar-refractivity contribution in [2.75, 3.05) is 18.5 Å². The third kappa shape index (κ3) is 13.1. The Labute approximate surface area is 265 Å². The number of nitrogens with one attached hydrogen (secondary N) is 1. The smallest absolute Gasteiger partial charge is 0.262 e. The second-order valence-corrected chi connectivity index (χ2v) is 13.9. The molecule has 2 aromatic carbocycles. The van der Waals surface area contributed by atoms with E-state index in [4.69, 9.17) is 9.47 Å². The topological polar surface area (TPSA) is 51.4 Å². The van der Waals surface area contributed by atoms with Crippen molar-refractivity contribution in [3.8, 4) is 11.5 Å². The molecule has 1 heterocycles. The number of anilines is 1. The Morgan fingerprint density at radius 2 is 1.49 bits per heavy atom. The van der Waals surface area contributed by atoms with E-state index in [0.29, 0.717) is 24.7 Å². The molecule has 6 heteroatoms. The minimum atomic E-state index is -0.189. The van der Waals surface area contributed by atoms with E-state index in [-0.39, 0.29) is 17.9 Å². The van der Waals surface area contributed by atoms with Crippen LogP contribution < -0.4 is 19.4 Å². The molecule has 3 aromatic rings. The molecule has 0 saturated carbocycles. The van der Waals surface area contributed by atoms with Crippen LogP contribution in [0.25, 0.3) is 0 Å². The summed E-state index contributed by atoms with van der Waals surface area (Å²) in [6.07, 6.45) is 17.9. The fourth-order valence-corrected chi connectivity index (χ4v) is 5.80. The first-order chi connectivity index (χ1) is 20.8. The number of rotatable bonds is 20. The molecule has 236 valence electrons. The molecule has 0 fully saturated rings. The van der Waals surface area contributed by atoms with Crippen LogP contribution in [0.4, 0.5) is 5.69 Å². The Kier molecular flexibility index (Phi) is 15.1. The Morgan fingerprint density at radius 1 is 0.837 bits per heavy atom. The average Bonchev–Trinajstić information content (AvgIpc) is 3.39. The number of thiazole rings is 1. The largest absolute Gasteiger partial charge is 0.490 e. The van der Waals surface area contributed by atoms with Gasteiger partial charge in [0.1, 0.15) is 0 Å². The number of hydrogen-bond acceptors (Lipinski definition) is 4. The van der Waals surface area contributed by atoms with Crippen LogP contribution in [0.2, 0.25) is 0 Å². The molecule has 0 spiro atoms. The molecule has 1 aromatic heterocycles. The van der Waals surface area contributed by atoms with E-state index in [9.17, 15) is 4.79 Å². The van der Waals surface area contributed by atoms with Gasteiger partial charge < -0.3 is 14.8 Å². The quantitative estimate of drug-likeness (QED) is 0.103. The number of unbranched alkanes of at least 4 members (excludes halogenated alkanes) is 11. The summed E-state index contributed by atoms with van der Waals surface area (Å²) in [6.45, 7) is 12.2. The highest BCUT2D eigenvalue weighted by atomic mass is 32.1. The minimum absolute atomic E-state index is 0.00721. The summed E-state index contributed by atoms with van der Waals surface area (Å²) in [5.74, 6) is 1.14. The van der Waals surface area contributed by atoms with E-state index in [0.717, 1.165) is 17.7 Å². The van der Waals surface area contributed by atoms with Crippen LogP contribution in [0.3, 0.4) is 0 Å². The van der Waals surface area contributed by atoms with Gasteiger partial charge in [0.15, 0.2) is 30.8 Å². The second kappa shape index (κ2) is 18.7. The molecule has 5 nitrogen and oxygen atoms in total. The maximum atomic E-state index is 12.9. The highest BCUT2D eigenvalue weighted by Crippen LogP contribution is 2.33. The highest BCUT2D eigenvalue weighted by Gasteiger charge is 2.18. The molecule has 0 atom stereocenters. The first-order valence-corrected chi connectivity index (χ1v) is 17.4. The standard InChI is InChI=1S/C37H54N2O3S/c1-6-7-8-9-10-11-12-13-14-15-16-19-24-41-35-25-32(37(3,4)5)22-23-34(35)42-28-36(40)38-33-21-18-17-20-31(33)27-39-26-30(2)43-29-39/h17-18,20-23,25-26,29H,6-16,19,24,27-28H2,1-5H3/p+1. The normalized spacial score (nSPS) is 11.5. The lowest BCUT2D eigenvalue weighted by Gasteiger charge is -2.21. The number of carbonyl (C=O) groups excluding carboxylic acids is 1. The summed E-state index contributed by atoms with van der Waals surface area (Å²) in [5, 5.41) is 3.04. The van der Waals surface area contributed by atoms with Gasteiger partial charge in [-0.3, -0.25) is 4.79 Å². The zero-order valence-electron chi connectivity index (χ0n) is 27.4. The molecule has 0 aliphatic rings. The maximum absolute atomic E-state index is 12.9. The van der Waals surface area contributed by atoms with Crippen LogP contribution in [0.5, 0.6) is 11.5 Å². The van der Waals surface area contributed by atoms with Crippen LogP contribution in [-0.2, 0) is 16.8 Å². The number of ether oxygens (including phenoxy) is 2. The first kappa shape index (κ1) is 34.6. The van der Waals surface area contributed by atoms with Gasteiger partial charge in [0.05, 0.1) is 17.2 Å². The number of carbonyl (C=O) groups is 1. The van der Waals surface area contributed by atoms with E-state index in [1.807, 2.05) is 30.3 Å². The number of aromatic nitrogens is 1. The third-order valence-electron chi connectivity index (χ3n) is 7.79. The monoisotopic (exact) mass is 607 g/mol. The van der Waals surface area contributed by atoms with Gasteiger partial charge in [-0.1, -0.05) is 134 Å². The van der Waals surface area contributed by atoms with Crippen molar-refractivity contribution in [2.45, 2.75) is 124 Å². The van der Waals surface area contributed by atoms with Crippen molar-refractivity contribution < 1.29 is 18.8 Å². The van der Waals surface area contributed by atoms with Crippen LogP contribution >= 0.6 is 11.3 Å². The summed E-state index contributed by atoms with van der Waals surface area (Å²) in [6, 6.07) is 14.0. The van der Waals surface area contributed by atoms with Gasteiger partial charge in [-0.25, -0.2) is 0 Å². The Bertz CT molecular complexity index is 1230. The summed E-state index contributed by atoms with van der Waals surface area (Å²) >= 11 is 1.71. The third-order valence-corrected chi connectivity index (χ3v) is 8.64. The summed E-state index contributed by atoms with van der Waals surface area (Å²) in [7, 11) is 0. The molecular formula is C37H55N2O3S+. The fraction of sp³-hybridized carbons (Fsp3) is 0.568. The van der Waals surface area contributed by atoms with Crippen LogP contribution in [0, 0.1) is 6.92 Å². The van der Waals surface area contributed by atoms with Crippen molar-refractivity contribution in [1.29, 1.82) is 0 Å². The Morgan fingerprint density at radius 3 is 2.12 bits per heavy atom. The molecular weight excluding hydrogens is 552 g/mol.